The van der Waals surface area contributed by atoms with E-state index in [4.69, 9.17) is 11.6 Å². The highest BCUT2D eigenvalue weighted by molar-refractivity contribution is 8.40. The summed E-state index contributed by atoms with van der Waals surface area (Å²) in [7, 11) is -3.98. The zero-order chi connectivity index (χ0) is 12.5. The van der Waals surface area contributed by atoms with Gasteiger partial charge >= 0.3 is 0 Å². The van der Waals surface area contributed by atoms with Crippen LogP contribution in [-0.2, 0) is 9.84 Å². The van der Waals surface area contributed by atoms with Crippen LogP contribution in [0.1, 0.15) is 0 Å². The molecule has 1 aromatic rings. The molecule has 7 heteroatoms. The van der Waals surface area contributed by atoms with Crippen LogP contribution in [0.2, 0.25) is 5.02 Å². The molecule has 0 N–H and O–H groups in total. The van der Waals surface area contributed by atoms with Gasteiger partial charge in [-0.25, -0.2) is 8.42 Å². The number of rotatable bonds is 3. The second-order valence-electron chi connectivity index (χ2n) is 3.57. The van der Waals surface area contributed by atoms with E-state index < -0.39 is 20.7 Å². The van der Waals surface area contributed by atoms with Gasteiger partial charge < -0.3 is 0 Å². The van der Waals surface area contributed by atoms with E-state index in [0.29, 0.717) is 10.1 Å². The Hall–Kier alpha value is -0.850. The van der Waals surface area contributed by atoms with Crippen LogP contribution >= 0.6 is 22.5 Å². The lowest BCUT2D eigenvalue weighted by Crippen LogP contribution is -2.15. The lowest BCUT2D eigenvalue weighted by Gasteiger charge is -2.09. The number of benzene rings is 1. The van der Waals surface area contributed by atoms with E-state index in [-0.39, 0.29) is 10.6 Å². The molecule has 17 heavy (non-hydrogen) atoms. The van der Waals surface area contributed by atoms with Gasteiger partial charge in [-0.05, 0) is 30.5 Å². The Morgan fingerprint density at radius 1 is 1.29 bits per heavy atom. The standard InChI is InChI=1S/C10H11ClN2O2S2/c1-16-7-12-13-10(16)6-17(14,15)9-4-2-8(11)3-5-9/h2-5,7,16H,6H2,1H3. The van der Waals surface area contributed by atoms with Crippen molar-refractivity contribution in [1.82, 2.24) is 0 Å². The minimum absolute atomic E-state index is 0.0726. The maximum absolute atomic E-state index is 12.1. The molecule has 92 valence electrons. The van der Waals surface area contributed by atoms with Crippen molar-refractivity contribution in [2.45, 2.75) is 4.90 Å². The first-order valence-electron chi connectivity index (χ1n) is 4.80. The number of halogens is 1. The molecule has 0 saturated heterocycles. The lowest BCUT2D eigenvalue weighted by molar-refractivity contribution is 0.600. The van der Waals surface area contributed by atoms with Crippen LogP contribution in [0.25, 0.3) is 0 Å². The van der Waals surface area contributed by atoms with Gasteiger partial charge in [0, 0.05) is 5.02 Å². The highest BCUT2D eigenvalue weighted by Crippen LogP contribution is 2.26. The van der Waals surface area contributed by atoms with E-state index >= 15 is 0 Å². The molecular weight excluding hydrogens is 280 g/mol. The van der Waals surface area contributed by atoms with Crippen molar-refractivity contribution in [2.75, 3.05) is 12.0 Å². The first-order valence-corrected chi connectivity index (χ1v) is 8.69. The summed E-state index contributed by atoms with van der Waals surface area (Å²) < 4.78 is 24.2. The van der Waals surface area contributed by atoms with E-state index in [1.165, 1.54) is 12.1 Å². The molecule has 0 fully saturated rings. The van der Waals surface area contributed by atoms with Gasteiger partial charge in [0.2, 0.25) is 0 Å². The first-order chi connectivity index (χ1) is 7.99. The normalized spacial score (nSPS) is 21.5. The van der Waals surface area contributed by atoms with Gasteiger partial charge in [-0.2, -0.15) is 16.0 Å². The monoisotopic (exact) mass is 290 g/mol. The molecule has 0 aliphatic carbocycles. The second kappa shape index (κ2) is 4.80. The minimum atomic E-state index is -3.35. The first kappa shape index (κ1) is 12.6. The average Bonchev–Trinajstić information content (AvgIpc) is 2.64. The highest BCUT2D eigenvalue weighted by atomic mass is 35.5. The van der Waals surface area contributed by atoms with Crippen molar-refractivity contribution in [2.24, 2.45) is 10.2 Å². The fourth-order valence-corrected chi connectivity index (χ4v) is 4.43. The molecule has 0 bridgehead atoms. The van der Waals surface area contributed by atoms with Crippen molar-refractivity contribution >= 4 is 42.9 Å². The van der Waals surface area contributed by atoms with E-state index in [2.05, 4.69) is 10.2 Å². The Labute approximate surface area is 108 Å². The topological polar surface area (TPSA) is 58.9 Å². The van der Waals surface area contributed by atoms with E-state index in [0.717, 1.165) is 0 Å². The maximum atomic E-state index is 12.1. The molecule has 4 nitrogen and oxygen atoms in total. The van der Waals surface area contributed by atoms with E-state index in [1.807, 2.05) is 6.26 Å². The Morgan fingerprint density at radius 3 is 2.47 bits per heavy atom. The quantitative estimate of drug-likeness (QED) is 0.867. The van der Waals surface area contributed by atoms with Crippen molar-refractivity contribution < 1.29 is 8.42 Å². The molecule has 1 unspecified atom stereocenters. The average molecular weight is 291 g/mol. The van der Waals surface area contributed by atoms with Crippen LogP contribution < -0.4 is 0 Å². The van der Waals surface area contributed by atoms with Crippen LogP contribution in [0.15, 0.2) is 39.4 Å². The summed E-state index contributed by atoms with van der Waals surface area (Å²) in [6.45, 7) is 0. The van der Waals surface area contributed by atoms with Crippen molar-refractivity contribution in [3.05, 3.63) is 29.3 Å². The molecule has 0 amide bonds. The third kappa shape index (κ3) is 2.88. The summed E-state index contributed by atoms with van der Waals surface area (Å²) >= 11 is 5.72. The van der Waals surface area contributed by atoms with Gasteiger partial charge in [0.05, 0.1) is 15.5 Å². The summed E-state index contributed by atoms with van der Waals surface area (Å²) in [6, 6.07) is 6.14. The van der Waals surface area contributed by atoms with E-state index in [9.17, 15) is 8.42 Å². The Morgan fingerprint density at radius 2 is 1.94 bits per heavy atom. The maximum Gasteiger partial charge on any atom is 0.184 e. The molecule has 1 atom stereocenters. The number of nitrogens with zero attached hydrogens (tertiary/aromatic N) is 2. The Kier molecular flexibility index (Phi) is 3.56. The number of thiol groups is 1. The molecule has 0 saturated carbocycles. The Bertz CT molecular complexity index is 579. The SMILES string of the molecule is C[SH]1C=NN=C1CS(=O)(=O)c1ccc(Cl)cc1. The molecular formula is C10H11ClN2O2S2. The minimum Gasteiger partial charge on any atom is -0.223 e. The van der Waals surface area contributed by atoms with Gasteiger partial charge in [-0.15, -0.1) is 5.10 Å². The van der Waals surface area contributed by atoms with Crippen molar-refractivity contribution in [3.8, 4) is 0 Å². The molecule has 2 rings (SSSR count). The second-order valence-corrected chi connectivity index (χ2v) is 7.97. The van der Waals surface area contributed by atoms with Crippen LogP contribution in [0.3, 0.4) is 0 Å². The van der Waals surface area contributed by atoms with Gasteiger partial charge in [-0.1, -0.05) is 11.6 Å². The predicted molar refractivity (Wildman–Crippen MR) is 74.3 cm³/mol. The fraction of sp³-hybridized carbons (Fsp3) is 0.200. The molecule has 1 heterocycles. The summed E-state index contributed by atoms with van der Waals surface area (Å²) in [5.74, 6) is -0.0726. The summed E-state index contributed by atoms with van der Waals surface area (Å²) in [4.78, 5) is 0.264. The molecule has 1 aliphatic rings. The van der Waals surface area contributed by atoms with E-state index in [1.54, 1.807) is 17.7 Å². The van der Waals surface area contributed by atoms with Crippen molar-refractivity contribution in [3.63, 3.8) is 0 Å². The highest BCUT2D eigenvalue weighted by Gasteiger charge is 2.21. The van der Waals surface area contributed by atoms with Crippen LogP contribution in [0.4, 0.5) is 0 Å². The summed E-state index contributed by atoms with van der Waals surface area (Å²) in [6.07, 6.45) is 1.93. The number of sulfone groups is 1. The lowest BCUT2D eigenvalue weighted by atomic mass is 10.4. The number of hydrogen-bond donors (Lipinski definition) is 1. The summed E-state index contributed by atoms with van der Waals surface area (Å²) in [5.41, 5.74) is 1.70. The largest absolute Gasteiger partial charge is 0.223 e. The predicted octanol–water partition coefficient (Wildman–Crippen LogP) is 2.10. The molecule has 1 aromatic carbocycles. The van der Waals surface area contributed by atoms with Gasteiger partial charge in [0.25, 0.3) is 0 Å². The van der Waals surface area contributed by atoms with Gasteiger partial charge in [-0.3, -0.25) is 0 Å². The zero-order valence-electron chi connectivity index (χ0n) is 9.04. The van der Waals surface area contributed by atoms with Crippen molar-refractivity contribution in [1.29, 1.82) is 0 Å². The molecule has 1 aliphatic heterocycles. The van der Waals surface area contributed by atoms with Crippen LogP contribution in [0, 0.1) is 0 Å². The molecule has 0 aromatic heterocycles. The molecule has 0 radical (unpaired) electrons. The zero-order valence-corrected chi connectivity index (χ0v) is 11.5. The summed E-state index contributed by atoms with van der Waals surface area (Å²) in [5, 5.41) is 8.75. The Balaban J connectivity index is 2.23. The third-order valence-electron chi connectivity index (χ3n) is 2.30. The smallest absolute Gasteiger partial charge is 0.184 e. The number of hydrogen-bond acceptors (Lipinski definition) is 4. The van der Waals surface area contributed by atoms with Crippen LogP contribution in [-0.4, -0.2) is 31.0 Å². The third-order valence-corrected chi connectivity index (χ3v) is 5.92. The fourth-order valence-electron chi connectivity index (χ4n) is 1.33. The van der Waals surface area contributed by atoms with Gasteiger partial charge in [0.15, 0.2) is 9.84 Å². The van der Waals surface area contributed by atoms with Crippen LogP contribution in [0.5, 0.6) is 0 Å². The molecule has 0 spiro atoms. The van der Waals surface area contributed by atoms with Gasteiger partial charge in [0.1, 0.15) is 5.75 Å².